The monoisotopic (exact) mass is 202 g/mol. The zero-order valence-corrected chi connectivity index (χ0v) is 8.41. The van der Waals surface area contributed by atoms with E-state index in [4.69, 9.17) is 0 Å². The Morgan fingerprint density at radius 2 is 2.33 bits per heavy atom. The van der Waals surface area contributed by atoms with E-state index in [1.54, 1.807) is 0 Å². The fraction of sp³-hybridized carbons (Fsp3) is 0.364. The molecule has 2 rings (SSSR count). The summed E-state index contributed by atoms with van der Waals surface area (Å²) in [4.78, 5) is 10.8. The lowest BCUT2D eigenvalue weighted by Gasteiger charge is -1.95. The van der Waals surface area contributed by atoms with Crippen LogP contribution in [-0.2, 0) is 22.4 Å². The first-order valence-electron chi connectivity index (χ1n) is 4.75. The Hall–Kier alpha value is -1.89. The molecular formula is C11H10N2O2. The van der Waals surface area contributed by atoms with Crippen LogP contribution >= 0.6 is 0 Å². The molecule has 0 N–H and O–H groups in total. The molecule has 0 atom stereocenters. The molecular weight excluding hydrogens is 192 g/mol. The van der Waals surface area contributed by atoms with Crippen LogP contribution in [0.5, 0.6) is 0 Å². The van der Waals surface area contributed by atoms with E-state index < -0.39 is 5.97 Å². The Kier molecular flexibility index (Phi) is 2.64. The molecule has 1 aliphatic rings. The highest BCUT2D eigenvalue weighted by atomic mass is 16.5. The van der Waals surface area contributed by atoms with E-state index in [2.05, 4.69) is 26.8 Å². The van der Waals surface area contributed by atoms with Gasteiger partial charge in [0.1, 0.15) is 5.69 Å². The van der Waals surface area contributed by atoms with Gasteiger partial charge in [0.15, 0.2) is 0 Å². The van der Waals surface area contributed by atoms with Crippen LogP contribution in [0.3, 0.4) is 0 Å². The van der Waals surface area contributed by atoms with Gasteiger partial charge in [-0.2, -0.15) is 5.10 Å². The van der Waals surface area contributed by atoms with Gasteiger partial charge in [0, 0.05) is 5.92 Å². The van der Waals surface area contributed by atoms with Crippen molar-refractivity contribution in [1.29, 1.82) is 0 Å². The molecule has 4 nitrogen and oxygen atoms in total. The normalized spacial score (nSPS) is 12.6. The van der Waals surface area contributed by atoms with Crippen LogP contribution < -0.4 is 0 Å². The van der Waals surface area contributed by atoms with Gasteiger partial charge in [-0.3, -0.25) is 0 Å². The second kappa shape index (κ2) is 4.09. The fourth-order valence-electron chi connectivity index (χ4n) is 1.56. The molecule has 0 amide bonds. The quantitative estimate of drug-likeness (QED) is 0.454. The number of esters is 1. The molecule has 1 heterocycles. The minimum absolute atomic E-state index is 0.529. The van der Waals surface area contributed by atoms with Gasteiger partial charge in [0.2, 0.25) is 0 Å². The summed E-state index contributed by atoms with van der Waals surface area (Å²) in [7, 11) is 1.30. The lowest BCUT2D eigenvalue weighted by molar-refractivity contribution is -0.133. The lowest BCUT2D eigenvalue weighted by atomic mass is 10.2. The van der Waals surface area contributed by atoms with E-state index in [1.807, 2.05) is 6.07 Å². The minimum atomic E-state index is -0.558. The summed E-state index contributed by atoms with van der Waals surface area (Å²) in [6.07, 6.45) is 3.14. The number of fused-ring (bicyclic) bond motifs is 1. The fourth-order valence-corrected chi connectivity index (χ4v) is 1.56. The average Bonchev–Trinajstić information content (AvgIpc) is 2.72. The number of nitrogens with zero attached hydrogens (tertiary/aromatic N) is 2. The highest BCUT2D eigenvalue weighted by Gasteiger charge is 2.12. The first kappa shape index (κ1) is 9.66. The van der Waals surface area contributed by atoms with Crippen molar-refractivity contribution in [3.63, 3.8) is 0 Å². The third-order valence-corrected chi connectivity index (χ3v) is 2.30. The third kappa shape index (κ3) is 2.13. The maximum absolute atomic E-state index is 10.8. The number of rotatable bonds is 0. The number of methoxy groups -OCH3 is 1. The molecule has 0 unspecified atom stereocenters. The number of aromatic nitrogens is 2. The Morgan fingerprint density at radius 3 is 3.13 bits per heavy atom. The highest BCUT2D eigenvalue weighted by molar-refractivity contribution is 5.88. The van der Waals surface area contributed by atoms with Gasteiger partial charge in [-0.15, -0.1) is 5.10 Å². The predicted octanol–water partition coefficient (Wildman–Crippen LogP) is 0.490. The van der Waals surface area contributed by atoms with Crippen molar-refractivity contribution < 1.29 is 9.53 Å². The van der Waals surface area contributed by atoms with E-state index in [0.29, 0.717) is 5.69 Å². The van der Waals surface area contributed by atoms with Gasteiger partial charge >= 0.3 is 5.97 Å². The largest absolute Gasteiger partial charge is 0.459 e. The molecule has 4 heteroatoms. The van der Waals surface area contributed by atoms with Gasteiger partial charge < -0.3 is 4.74 Å². The summed E-state index contributed by atoms with van der Waals surface area (Å²) < 4.78 is 4.40. The van der Waals surface area contributed by atoms with Crippen molar-refractivity contribution in [3.8, 4) is 11.8 Å². The lowest BCUT2D eigenvalue weighted by Crippen LogP contribution is -1.97. The van der Waals surface area contributed by atoms with Gasteiger partial charge in [-0.05, 0) is 36.8 Å². The number of aryl methyl sites for hydroxylation is 2. The highest BCUT2D eigenvalue weighted by Crippen LogP contribution is 2.18. The molecule has 1 aromatic heterocycles. The van der Waals surface area contributed by atoms with Gasteiger partial charge in [0.25, 0.3) is 0 Å². The summed E-state index contributed by atoms with van der Waals surface area (Å²) >= 11 is 0. The molecule has 1 aromatic rings. The zero-order valence-electron chi connectivity index (χ0n) is 8.41. The summed E-state index contributed by atoms with van der Waals surface area (Å²) in [5, 5.41) is 7.98. The Morgan fingerprint density at radius 1 is 1.47 bits per heavy atom. The number of hydrogen-bond acceptors (Lipinski definition) is 4. The molecule has 0 bridgehead atoms. The first-order valence-corrected chi connectivity index (χ1v) is 4.75. The van der Waals surface area contributed by atoms with Crippen LogP contribution in [0.25, 0.3) is 0 Å². The smallest absolute Gasteiger partial charge is 0.384 e. The SMILES string of the molecule is COC(=O)C#Cc1cc2c(nn1)CCC2. The molecule has 0 radical (unpaired) electrons. The molecule has 0 spiro atoms. The van der Waals surface area contributed by atoms with Crippen LogP contribution in [-0.4, -0.2) is 23.3 Å². The standard InChI is InChI=1S/C11H10N2O2/c1-15-11(14)6-5-9-7-8-3-2-4-10(8)13-12-9/h7H,2-4H2,1H3. The minimum Gasteiger partial charge on any atom is -0.459 e. The summed E-state index contributed by atoms with van der Waals surface area (Å²) in [5.41, 5.74) is 2.78. The maximum Gasteiger partial charge on any atom is 0.384 e. The third-order valence-electron chi connectivity index (χ3n) is 2.30. The second-order valence-corrected chi connectivity index (χ2v) is 3.30. The van der Waals surface area contributed by atoms with Crippen LogP contribution in [0.2, 0.25) is 0 Å². The first-order chi connectivity index (χ1) is 7.29. The van der Waals surface area contributed by atoms with Crippen LogP contribution in [0.4, 0.5) is 0 Å². The molecule has 1 aliphatic carbocycles. The van der Waals surface area contributed by atoms with Crippen LogP contribution in [0.15, 0.2) is 6.07 Å². The number of carbonyl (C=O) groups excluding carboxylic acids is 1. The van der Waals surface area contributed by atoms with Crippen molar-refractivity contribution in [2.45, 2.75) is 19.3 Å². The van der Waals surface area contributed by atoms with Gasteiger partial charge in [-0.25, -0.2) is 4.79 Å². The summed E-state index contributed by atoms with van der Waals surface area (Å²) in [6.45, 7) is 0. The Bertz CT molecular complexity index is 457. The van der Waals surface area contributed by atoms with Crippen LogP contribution in [0.1, 0.15) is 23.4 Å². The van der Waals surface area contributed by atoms with E-state index in [0.717, 1.165) is 25.0 Å². The molecule has 0 fully saturated rings. The summed E-state index contributed by atoms with van der Waals surface area (Å²) in [6, 6.07) is 1.89. The van der Waals surface area contributed by atoms with Crippen molar-refractivity contribution in [1.82, 2.24) is 10.2 Å². The Labute approximate surface area is 87.7 Å². The van der Waals surface area contributed by atoms with E-state index in [-0.39, 0.29) is 0 Å². The van der Waals surface area contributed by atoms with Gasteiger partial charge in [0.05, 0.1) is 12.8 Å². The topological polar surface area (TPSA) is 52.1 Å². The molecule has 0 saturated carbocycles. The molecule has 0 aromatic carbocycles. The number of carbonyl (C=O) groups is 1. The van der Waals surface area contributed by atoms with Crippen molar-refractivity contribution in [2.24, 2.45) is 0 Å². The average molecular weight is 202 g/mol. The predicted molar refractivity (Wildman–Crippen MR) is 53.0 cm³/mol. The number of ether oxygens (including phenoxy) is 1. The van der Waals surface area contributed by atoms with Crippen molar-refractivity contribution in [2.75, 3.05) is 7.11 Å². The van der Waals surface area contributed by atoms with E-state index in [1.165, 1.54) is 12.7 Å². The summed E-state index contributed by atoms with van der Waals surface area (Å²) in [5.74, 6) is 4.39. The number of hydrogen-bond donors (Lipinski definition) is 0. The van der Waals surface area contributed by atoms with E-state index in [9.17, 15) is 4.79 Å². The van der Waals surface area contributed by atoms with Gasteiger partial charge in [-0.1, -0.05) is 0 Å². The van der Waals surface area contributed by atoms with Crippen LogP contribution in [0, 0.1) is 11.8 Å². The Balaban J connectivity index is 2.22. The molecule has 15 heavy (non-hydrogen) atoms. The zero-order chi connectivity index (χ0) is 10.7. The molecule has 0 aliphatic heterocycles. The van der Waals surface area contributed by atoms with Crippen molar-refractivity contribution >= 4 is 5.97 Å². The van der Waals surface area contributed by atoms with Crippen molar-refractivity contribution in [3.05, 3.63) is 23.0 Å². The molecule has 0 saturated heterocycles. The van der Waals surface area contributed by atoms with E-state index >= 15 is 0 Å². The maximum atomic E-state index is 10.8. The molecule has 76 valence electrons. The second-order valence-electron chi connectivity index (χ2n) is 3.30.